The van der Waals surface area contributed by atoms with Crippen LogP contribution in [0.1, 0.15) is 11.1 Å². The average molecular weight is 329 g/mol. The Morgan fingerprint density at radius 1 is 1.10 bits per heavy atom. The molecule has 0 fully saturated rings. The van der Waals surface area contributed by atoms with Crippen LogP contribution in [-0.4, -0.2) is 8.42 Å². The van der Waals surface area contributed by atoms with Gasteiger partial charge in [-0.05, 0) is 49.2 Å². The van der Waals surface area contributed by atoms with Crippen molar-refractivity contribution < 1.29 is 12.8 Å². The molecule has 0 heterocycles. The fourth-order valence-corrected chi connectivity index (χ4v) is 3.49. The molecule has 0 unspecified atom stereocenters. The molecule has 0 amide bonds. The van der Waals surface area contributed by atoms with Crippen LogP contribution < -0.4 is 10.5 Å². The van der Waals surface area contributed by atoms with E-state index < -0.39 is 20.7 Å². The van der Waals surface area contributed by atoms with Crippen molar-refractivity contribution >= 4 is 33.0 Å². The number of nitrogen functional groups attached to an aromatic ring is 1. The van der Waals surface area contributed by atoms with Gasteiger partial charge in [-0.15, -0.1) is 0 Å². The predicted molar refractivity (Wildman–Crippen MR) is 82.5 cm³/mol. The van der Waals surface area contributed by atoms with E-state index in [0.717, 1.165) is 23.3 Å². The highest BCUT2D eigenvalue weighted by Crippen LogP contribution is 2.27. The van der Waals surface area contributed by atoms with Crippen LogP contribution in [0.3, 0.4) is 0 Å². The highest BCUT2D eigenvalue weighted by Gasteiger charge is 2.22. The Morgan fingerprint density at radius 3 is 2.24 bits per heavy atom. The van der Waals surface area contributed by atoms with Crippen LogP contribution in [0.2, 0.25) is 5.02 Å². The van der Waals surface area contributed by atoms with Gasteiger partial charge in [0.05, 0.1) is 5.69 Å². The van der Waals surface area contributed by atoms with Crippen molar-refractivity contribution in [1.29, 1.82) is 0 Å². The lowest BCUT2D eigenvalue weighted by molar-refractivity contribution is 0.573. The number of sulfonamides is 1. The van der Waals surface area contributed by atoms with Crippen LogP contribution in [-0.2, 0) is 10.0 Å². The summed E-state index contributed by atoms with van der Waals surface area (Å²) in [6, 6.07) is 7.38. The minimum absolute atomic E-state index is 0.0506. The first-order valence-corrected chi connectivity index (χ1v) is 7.91. The van der Waals surface area contributed by atoms with Gasteiger partial charge in [-0.2, -0.15) is 0 Å². The van der Waals surface area contributed by atoms with Crippen LogP contribution >= 0.6 is 11.6 Å². The van der Waals surface area contributed by atoms with Gasteiger partial charge in [0.15, 0.2) is 5.82 Å². The Bertz CT molecular complexity index is 787. The van der Waals surface area contributed by atoms with Crippen molar-refractivity contribution in [2.45, 2.75) is 18.7 Å². The zero-order valence-corrected chi connectivity index (χ0v) is 13.0. The van der Waals surface area contributed by atoms with Crippen molar-refractivity contribution in [2.24, 2.45) is 0 Å². The lowest BCUT2D eigenvalue weighted by Crippen LogP contribution is -2.15. The molecule has 3 N–H and O–H groups in total. The summed E-state index contributed by atoms with van der Waals surface area (Å²) in [5, 5.41) is 0.0506. The summed E-state index contributed by atoms with van der Waals surface area (Å²) in [5.41, 5.74) is 7.22. The Morgan fingerprint density at radius 2 is 1.67 bits per heavy atom. The quantitative estimate of drug-likeness (QED) is 0.847. The van der Waals surface area contributed by atoms with Gasteiger partial charge >= 0.3 is 0 Å². The number of hydrogen-bond acceptors (Lipinski definition) is 3. The summed E-state index contributed by atoms with van der Waals surface area (Å²) in [4.78, 5) is -0.577. The van der Waals surface area contributed by atoms with Gasteiger partial charge in [-0.25, -0.2) is 12.8 Å². The molecule has 0 saturated heterocycles. The molecule has 0 spiro atoms. The molecule has 0 aliphatic heterocycles. The van der Waals surface area contributed by atoms with Gasteiger partial charge in [0.25, 0.3) is 10.0 Å². The molecule has 0 saturated carbocycles. The van der Waals surface area contributed by atoms with E-state index >= 15 is 0 Å². The van der Waals surface area contributed by atoms with E-state index in [-0.39, 0.29) is 10.7 Å². The van der Waals surface area contributed by atoms with E-state index in [1.165, 1.54) is 0 Å². The second-order valence-electron chi connectivity index (χ2n) is 4.79. The first kappa shape index (κ1) is 15.6. The first-order valence-electron chi connectivity index (χ1n) is 6.04. The third kappa shape index (κ3) is 3.46. The molecular formula is C14H14ClFN2O2S. The number of aryl methyl sites for hydroxylation is 2. The zero-order valence-electron chi connectivity index (χ0n) is 11.4. The molecule has 0 aliphatic rings. The molecule has 0 bridgehead atoms. The van der Waals surface area contributed by atoms with Gasteiger partial charge < -0.3 is 5.73 Å². The maximum atomic E-state index is 13.9. The predicted octanol–water partition coefficient (Wildman–Crippen LogP) is 3.48. The van der Waals surface area contributed by atoms with Crippen molar-refractivity contribution in [3.8, 4) is 0 Å². The summed E-state index contributed by atoms with van der Waals surface area (Å²) in [5.74, 6) is -1.02. The minimum atomic E-state index is -4.11. The Kier molecular flexibility index (Phi) is 4.11. The maximum Gasteiger partial charge on any atom is 0.264 e. The molecule has 0 aromatic heterocycles. The molecule has 7 heteroatoms. The largest absolute Gasteiger partial charge is 0.396 e. The van der Waals surface area contributed by atoms with Crippen LogP contribution in [0, 0.1) is 19.7 Å². The summed E-state index contributed by atoms with van der Waals surface area (Å²) in [6.07, 6.45) is 0. The van der Waals surface area contributed by atoms with Crippen LogP contribution in [0.5, 0.6) is 0 Å². The second-order valence-corrected chi connectivity index (χ2v) is 6.88. The number of nitrogens with two attached hydrogens (primary N) is 1. The van der Waals surface area contributed by atoms with Gasteiger partial charge in [0, 0.05) is 10.7 Å². The van der Waals surface area contributed by atoms with E-state index in [4.69, 9.17) is 17.3 Å². The van der Waals surface area contributed by atoms with E-state index in [2.05, 4.69) is 4.72 Å². The molecule has 2 rings (SSSR count). The molecule has 2 aromatic rings. The van der Waals surface area contributed by atoms with Gasteiger partial charge in [-0.3, -0.25) is 4.72 Å². The highest BCUT2D eigenvalue weighted by molar-refractivity contribution is 7.92. The van der Waals surface area contributed by atoms with Crippen molar-refractivity contribution in [1.82, 2.24) is 0 Å². The second kappa shape index (κ2) is 5.54. The van der Waals surface area contributed by atoms with Crippen molar-refractivity contribution in [3.63, 3.8) is 0 Å². The third-order valence-electron chi connectivity index (χ3n) is 2.80. The smallest absolute Gasteiger partial charge is 0.264 e. The topological polar surface area (TPSA) is 72.2 Å². The Hall–Kier alpha value is -1.79. The van der Waals surface area contributed by atoms with Crippen LogP contribution in [0.15, 0.2) is 35.2 Å². The van der Waals surface area contributed by atoms with E-state index in [1.54, 1.807) is 12.1 Å². The Balaban J connectivity index is 2.48. The number of nitrogens with one attached hydrogen (secondary N) is 1. The summed E-state index contributed by atoms with van der Waals surface area (Å²) < 4.78 is 40.8. The zero-order chi connectivity index (χ0) is 15.8. The van der Waals surface area contributed by atoms with Gasteiger partial charge in [-0.1, -0.05) is 17.7 Å². The van der Waals surface area contributed by atoms with E-state index in [9.17, 15) is 12.8 Å². The third-order valence-corrected chi connectivity index (χ3v) is 4.39. The summed E-state index contributed by atoms with van der Waals surface area (Å²) in [6.45, 7) is 3.67. The number of benzene rings is 2. The monoisotopic (exact) mass is 328 g/mol. The van der Waals surface area contributed by atoms with Gasteiger partial charge in [0.1, 0.15) is 4.90 Å². The SMILES string of the molecule is Cc1cc(C)cc(NS(=O)(=O)c2cc(Cl)cc(N)c2F)c1. The normalized spacial score (nSPS) is 11.4. The maximum absolute atomic E-state index is 13.9. The van der Waals surface area contributed by atoms with Crippen LogP contribution in [0.25, 0.3) is 0 Å². The fourth-order valence-electron chi connectivity index (χ4n) is 2.02. The van der Waals surface area contributed by atoms with E-state index in [1.807, 2.05) is 19.9 Å². The molecule has 4 nitrogen and oxygen atoms in total. The number of rotatable bonds is 3. The molecule has 21 heavy (non-hydrogen) atoms. The van der Waals surface area contributed by atoms with Crippen LogP contribution in [0.4, 0.5) is 15.8 Å². The lowest BCUT2D eigenvalue weighted by Gasteiger charge is -2.11. The van der Waals surface area contributed by atoms with Crippen molar-refractivity contribution in [2.75, 3.05) is 10.5 Å². The minimum Gasteiger partial charge on any atom is -0.396 e. The summed E-state index contributed by atoms with van der Waals surface area (Å²) in [7, 11) is -4.11. The molecule has 112 valence electrons. The fraction of sp³-hybridized carbons (Fsp3) is 0.143. The number of hydrogen-bond donors (Lipinski definition) is 2. The van der Waals surface area contributed by atoms with Gasteiger partial charge in [0.2, 0.25) is 0 Å². The average Bonchev–Trinajstić information content (AvgIpc) is 2.31. The standard InChI is InChI=1S/C14H14ClFN2O2S/c1-8-3-9(2)5-11(4-8)18-21(19,20)13-7-10(15)6-12(17)14(13)16/h3-7,18H,17H2,1-2H3. The molecule has 0 aliphatic carbocycles. The van der Waals surface area contributed by atoms with Crippen molar-refractivity contribution in [3.05, 3.63) is 52.3 Å². The summed E-state index contributed by atoms with van der Waals surface area (Å²) >= 11 is 5.74. The molecule has 2 aromatic carbocycles. The molecular weight excluding hydrogens is 315 g/mol. The Labute approximate surface area is 127 Å². The number of halogens is 2. The number of anilines is 2. The highest BCUT2D eigenvalue weighted by atomic mass is 35.5. The molecule has 0 atom stereocenters. The van der Waals surface area contributed by atoms with E-state index in [0.29, 0.717) is 5.69 Å². The first-order chi connectivity index (χ1) is 9.69. The lowest BCUT2D eigenvalue weighted by atomic mass is 10.1. The molecule has 0 radical (unpaired) electrons.